The Bertz CT molecular complexity index is 5990. The second-order valence-electron chi connectivity index (χ2n) is 27.2. The van der Waals surface area contributed by atoms with Crippen LogP contribution in [0.1, 0.15) is 0 Å². The maximum Gasteiger partial charge on any atom is 0.0541 e. The molecule has 0 aliphatic carbocycles. The molecular formula is C100H66N4. The van der Waals surface area contributed by atoms with Crippen LogP contribution in [0.3, 0.4) is 0 Å². The number of benzene rings is 18. The second kappa shape index (κ2) is 25.1. The molecule has 18 aromatic carbocycles. The molecule has 0 N–H and O–H groups in total. The fraction of sp³-hybridized carbons (Fsp3) is 0. The molecule has 0 atom stereocenters. The number of fused-ring (bicyclic) bond motifs is 10. The van der Waals surface area contributed by atoms with Crippen molar-refractivity contribution in [2.75, 3.05) is 9.80 Å². The molecule has 2 aromatic heterocycles. The molecule has 0 unspecified atom stereocenters. The van der Waals surface area contributed by atoms with E-state index < -0.39 is 0 Å². The summed E-state index contributed by atoms with van der Waals surface area (Å²) in [7, 11) is 0. The third kappa shape index (κ3) is 10.4. The highest BCUT2D eigenvalue weighted by Crippen LogP contribution is 2.45. The van der Waals surface area contributed by atoms with Crippen LogP contribution in [0.25, 0.3) is 154 Å². The first-order valence-electron chi connectivity index (χ1n) is 35.8. The number of aromatic nitrogens is 2. The molecule has 0 amide bonds. The molecule has 20 aromatic rings. The topological polar surface area (TPSA) is 16.3 Å². The number of hydrogen-bond donors (Lipinski definition) is 0. The van der Waals surface area contributed by atoms with E-state index in [0.29, 0.717) is 0 Å². The number of anilines is 6. The molecule has 0 aliphatic rings. The molecule has 486 valence electrons. The van der Waals surface area contributed by atoms with Gasteiger partial charge >= 0.3 is 0 Å². The van der Waals surface area contributed by atoms with Gasteiger partial charge in [-0.05, 0) is 244 Å². The summed E-state index contributed by atoms with van der Waals surface area (Å²) in [6, 6.07) is 147. The molecule has 0 bridgehead atoms. The van der Waals surface area contributed by atoms with Crippen LogP contribution >= 0.6 is 0 Å². The summed E-state index contributed by atoms with van der Waals surface area (Å²) >= 11 is 0. The zero-order valence-corrected chi connectivity index (χ0v) is 56.9. The third-order valence-electron chi connectivity index (χ3n) is 21.3. The SMILES string of the molecule is c1ccc(N(c2ccc(-c3ccc(N(c4ccccc4)c4ccc(-n5c6ccc(-c7cccc8ccccc78)cc6c6cc(-c7cccc8ccccc78)ccc65)cc4)cc3)cc2)c2ccc(-n3c4ccc(-c5cccc6ccccc56)cc4c4cc(-c5cccc6ccccc56)ccc43)cc2)cc1. The van der Waals surface area contributed by atoms with Crippen LogP contribution in [-0.2, 0) is 0 Å². The molecule has 4 heteroatoms. The minimum Gasteiger partial charge on any atom is -0.311 e. The summed E-state index contributed by atoms with van der Waals surface area (Å²) < 4.78 is 4.88. The lowest BCUT2D eigenvalue weighted by Crippen LogP contribution is -2.10. The van der Waals surface area contributed by atoms with Gasteiger partial charge in [-0.2, -0.15) is 0 Å². The zero-order chi connectivity index (χ0) is 68.6. The van der Waals surface area contributed by atoms with Crippen LogP contribution in [0.4, 0.5) is 34.1 Å². The summed E-state index contributed by atoms with van der Waals surface area (Å²) in [6.07, 6.45) is 0. The highest BCUT2D eigenvalue weighted by atomic mass is 15.1. The van der Waals surface area contributed by atoms with Crippen molar-refractivity contribution in [3.8, 4) is 67.0 Å². The molecule has 0 spiro atoms. The van der Waals surface area contributed by atoms with Crippen molar-refractivity contribution in [2.24, 2.45) is 0 Å². The van der Waals surface area contributed by atoms with E-state index in [4.69, 9.17) is 0 Å². The summed E-state index contributed by atoms with van der Waals surface area (Å²) in [4.78, 5) is 4.71. The van der Waals surface area contributed by atoms with Gasteiger partial charge in [0.2, 0.25) is 0 Å². The van der Waals surface area contributed by atoms with Gasteiger partial charge in [0.05, 0.1) is 22.1 Å². The van der Waals surface area contributed by atoms with Gasteiger partial charge in [0.1, 0.15) is 0 Å². The predicted octanol–water partition coefficient (Wildman–Crippen LogP) is 27.8. The quantitative estimate of drug-likeness (QED) is 0.114. The zero-order valence-electron chi connectivity index (χ0n) is 56.9. The number of para-hydroxylation sites is 2. The Hall–Kier alpha value is -13.8. The average molecular weight is 1320 g/mol. The molecule has 0 saturated carbocycles. The van der Waals surface area contributed by atoms with Gasteiger partial charge in [-0.3, -0.25) is 0 Å². The van der Waals surface area contributed by atoms with Crippen molar-refractivity contribution in [3.63, 3.8) is 0 Å². The monoisotopic (exact) mass is 1320 g/mol. The highest BCUT2D eigenvalue weighted by molar-refractivity contribution is 6.15. The first-order chi connectivity index (χ1) is 51.6. The van der Waals surface area contributed by atoms with Crippen molar-refractivity contribution in [1.82, 2.24) is 9.13 Å². The van der Waals surface area contributed by atoms with E-state index in [1.54, 1.807) is 0 Å². The van der Waals surface area contributed by atoms with Gasteiger partial charge in [-0.1, -0.05) is 255 Å². The molecule has 4 nitrogen and oxygen atoms in total. The highest BCUT2D eigenvalue weighted by Gasteiger charge is 2.22. The molecule has 104 heavy (non-hydrogen) atoms. The van der Waals surface area contributed by atoms with Crippen LogP contribution in [0.2, 0.25) is 0 Å². The van der Waals surface area contributed by atoms with Gasteiger partial charge in [0, 0.05) is 67.0 Å². The number of nitrogens with zero attached hydrogens (tertiary/aromatic N) is 4. The Morgan fingerprint density at radius 1 is 0.154 bits per heavy atom. The smallest absolute Gasteiger partial charge is 0.0541 e. The van der Waals surface area contributed by atoms with E-state index in [1.807, 2.05) is 0 Å². The van der Waals surface area contributed by atoms with Crippen molar-refractivity contribution in [3.05, 3.63) is 400 Å². The average Bonchev–Trinajstić information content (AvgIpc) is 1.58. The molecule has 0 aliphatic heterocycles. The second-order valence-corrected chi connectivity index (χ2v) is 27.2. The summed E-state index contributed by atoms with van der Waals surface area (Å²) in [6.45, 7) is 0. The Kier molecular flexibility index (Phi) is 14.5. The predicted molar refractivity (Wildman–Crippen MR) is 442 cm³/mol. The molecule has 0 radical (unpaired) electrons. The summed E-state index contributed by atoms with van der Waals surface area (Å²) in [5, 5.41) is 14.8. The van der Waals surface area contributed by atoms with Gasteiger partial charge in [0.25, 0.3) is 0 Å². The lowest BCUT2D eigenvalue weighted by Gasteiger charge is -2.26. The first-order valence-corrected chi connectivity index (χ1v) is 35.8. The third-order valence-corrected chi connectivity index (χ3v) is 21.3. The van der Waals surface area contributed by atoms with Gasteiger partial charge in [0.15, 0.2) is 0 Å². The first kappa shape index (κ1) is 60.2. The van der Waals surface area contributed by atoms with Gasteiger partial charge in [-0.25, -0.2) is 0 Å². The van der Waals surface area contributed by atoms with Crippen LogP contribution in [0, 0.1) is 0 Å². The Morgan fingerprint density at radius 2 is 0.375 bits per heavy atom. The van der Waals surface area contributed by atoms with E-state index in [2.05, 4.69) is 419 Å². The lowest BCUT2D eigenvalue weighted by molar-refractivity contribution is 1.17. The maximum atomic E-state index is 2.44. The lowest BCUT2D eigenvalue weighted by atomic mass is 9.95. The molecule has 2 heterocycles. The van der Waals surface area contributed by atoms with Crippen molar-refractivity contribution in [1.29, 1.82) is 0 Å². The van der Waals surface area contributed by atoms with E-state index in [0.717, 1.165) is 78.7 Å². The van der Waals surface area contributed by atoms with Crippen LogP contribution in [0.15, 0.2) is 400 Å². The van der Waals surface area contributed by atoms with Crippen molar-refractivity contribution >= 4 is 121 Å². The molecule has 20 rings (SSSR count). The van der Waals surface area contributed by atoms with Crippen LogP contribution in [-0.4, -0.2) is 9.13 Å². The molecular weight excluding hydrogens is 1260 g/mol. The summed E-state index contributed by atoms with van der Waals surface area (Å²) in [5.41, 5.74) is 25.3. The fourth-order valence-electron chi connectivity index (χ4n) is 16.3. The van der Waals surface area contributed by atoms with Crippen molar-refractivity contribution in [2.45, 2.75) is 0 Å². The largest absolute Gasteiger partial charge is 0.311 e. The number of hydrogen-bond acceptors (Lipinski definition) is 2. The summed E-state index contributed by atoms with van der Waals surface area (Å²) in [5.74, 6) is 0. The Balaban J connectivity index is 0.622. The molecule has 0 saturated heterocycles. The van der Waals surface area contributed by atoms with E-state index >= 15 is 0 Å². The number of rotatable bonds is 13. The van der Waals surface area contributed by atoms with E-state index in [9.17, 15) is 0 Å². The Morgan fingerprint density at radius 3 is 0.654 bits per heavy atom. The minimum absolute atomic E-state index is 1.07. The van der Waals surface area contributed by atoms with Crippen LogP contribution < -0.4 is 9.80 Å². The molecule has 0 fully saturated rings. The standard InChI is InChI=1S/C100H66N4/c1-3-27-77(28-4-1)101(81-51-55-83(56-52-81)103-97-59-43-73(89-35-15-23-69-19-7-11-31-85(69)89)63-93(97)94-64-74(44-60-98(94)103)90-36-16-24-70-20-8-12-32-86(70)90)79-47-39-67(40-48-79)68-41-49-80(50-42-68)102(78-29-5-2-6-30-78)82-53-57-84(58-54-82)104-99-61-45-75(91-37-17-25-71-21-9-13-33-87(71)91)65-95(99)96-66-76(46-62-100(96)104)92-38-18-26-72-22-10-14-34-88(72)92/h1-66H. The fourth-order valence-corrected chi connectivity index (χ4v) is 16.3. The van der Waals surface area contributed by atoms with E-state index in [-0.39, 0.29) is 0 Å². The minimum atomic E-state index is 1.07. The van der Waals surface area contributed by atoms with E-state index in [1.165, 1.54) is 109 Å². The van der Waals surface area contributed by atoms with Gasteiger partial charge in [-0.15, -0.1) is 0 Å². The van der Waals surface area contributed by atoms with Gasteiger partial charge < -0.3 is 18.9 Å². The van der Waals surface area contributed by atoms with Crippen LogP contribution in [0.5, 0.6) is 0 Å². The normalized spacial score (nSPS) is 11.7. The Labute approximate surface area is 603 Å². The maximum absolute atomic E-state index is 2.44. The van der Waals surface area contributed by atoms with Crippen molar-refractivity contribution < 1.29 is 0 Å².